The monoisotopic (exact) mass is 668 g/mol. The van der Waals surface area contributed by atoms with Gasteiger partial charge >= 0.3 is 0 Å². The summed E-state index contributed by atoms with van der Waals surface area (Å²) < 4.78 is 104. The summed E-state index contributed by atoms with van der Waals surface area (Å²) >= 11 is 0.900. The Morgan fingerprint density at radius 3 is 1.94 bits per heavy atom. The number of hydrogen-bond acceptors (Lipinski definition) is 5. The molecule has 0 saturated heterocycles. The van der Waals surface area contributed by atoms with Crippen LogP contribution in [-0.2, 0) is 0 Å². The molecule has 0 amide bonds. The molecule has 3 heterocycles. The van der Waals surface area contributed by atoms with Crippen molar-refractivity contribution in [2.24, 2.45) is 0 Å². The fourth-order valence-electron chi connectivity index (χ4n) is 6.16. The third-order valence-corrected chi connectivity index (χ3v) is 9.49. The van der Waals surface area contributed by atoms with Gasteiger partial charge in [-0.1, -0.05) is 127 Å². The second-order valence-corrected chi connectivity index (χ2v) is 12.6. The molecule has 0 atom stereocenters. The van der Waals surface area contributed by atoms with Gasteiger partial charge in [-0.25, -0.2) is 15.0 Å². The van der Waals surface area contributed by atoms with Crippen molar-refractivity contribution in [2.75, 3.05) is 0 Å². The van der Waals surface area contributed by atoms with Crippen molar-refractivity contribution >= 4 is 53.4 Å². The zero-order valence-corrected chi connectivity index (χ0v) is 26.7. The smallest absolute Gasteiger partial charge is 0.164 e. The first-order chi connectivity index (χ1) is 29.3. The number of hydrogen-bond donors (Lipinski definition) is 0. The lowest BCUT2D eigenvalue weighted by Crippen LogP contribution is -2.00. The van der Waals surface area contributed by atoms with Crippen LogP contribution in [-0.4, -0.2) is 15.0 Å². The van der Waals surface area contributed by atoms with Crippen LogP contribution in [0.1, 0.15) is 15.1 Å². The molecule has 0 aliphatic heterocycles. The largest absolute Gasteiger partial charge is 0.456 e. The van der Waals surface area contributed by atoms with E-state index in [2.05, 4.69) is 0 Å². The van der Waals surface area contributed by atoms with Gasteiger partial charge in [0, 0.05) is 47.6 Å². The Bertz CT molecular complexity index is 3470. The Morgan fingerprint density at radius 1 is 0.460 bits per heavy atom. The molecule has 4 nitrogen and oxygen atoms in total. The molecule has 234 valence electrons. The molecule has 0 bridgehead atoms. The number of nitrogens with zero attached hydrogens (tertiary/aromatic N) is 3. The minimum atomic E-state index is -0.662. The second-order valence-electron chi connectivity index (χ2n) is 11.5. The van der Waals surface area contributed by atoms with Gasteiger partial charge in [-0.15, -0.1) is 11.3 Å². The maximum absolute atomic E-state index is 9.57. The van der Waals surface area contributed by atoms with Gasteiger partial charge in [-0.2, -0.15) is 0 Å². The zero-order chi connectivity index (χ0) is 42.6. The van der Waals surface area contributed by atoms with Crippen molar-refractivity contribution in [1.29, 1.82) is 0 Å². The number of rotatable bonds is 5. The van der Waals surface area contributed by atoms with E-state index in [1.54, 1.807) is 0 Å². The van der Waals surface area contributed by atoms with E-state index in [0.29, 0.717) is 22.3 Å². The van der Waals surface area contributed by atoms with E-state index in [-0.39, 0.29) is 54.8 Å². The summed E-state index contributed by atoms with van der Waals surface area (Å²) in [5.41, 5.74) is 3.42. The van der Waals surface area contributed by atoms with Gasteiger partial charge in [0.05, 0.1) is 15.1 Å². The zero-order valence-electron chi connectivity index (χ0n) is 36.9. The molecular formula is C45H27N3OS. The van der Waals surface area contributed by atoms with E-state index in [1.165, 1.54) is 0 Å². The van der Waals surface area contributed by atoms with E-state index in [1.807, 2.05) is 97.1 Å². The first-order valence-electron chi connectivity index (χ1n) is 21.2. The van der Waals surface area contributed by atoms with Crippen molar-refractivity contribution in [3.63, 3.8) is 0 Å². The summed E-state index contributed by atoms with van der Waals surface area (Å²) in [6, 6.07) is 24.9. The van der Waals surface area contributed by atoms with E-state index < -0.39 is 66.0 Å². The minimum absolute atomic E-state index is 0.00808. The van der Waals surface area contributed by atoms with E-state index >= 15 is 0 Å². The molecular weight excluding hydrogens is 631 g/mol. The molecule has 0 aliphatic rings. The molecule has 7 aromatic carbocycles. The SMILES string of the molecule is [2H]c1c([2H])c([2H])c(-c2c([2H])c([2H])c3sc4c([2H])c(-c5nc(-c6ccccc6)nc(-c6cc(-c7ccccc7)c7c(c6)oc6ccccc67)n5)c([2H])c([2H])c4c3c2[2H])c([2H])c1[2H]. The number of furan rings is 1. The molecule has 0 saturated carbocycles. The number of fused-ring (bicyclic) bond motifs is 6. The Labute approximate surface area is 307 Å². The molecule has 3 aromatic heterocycles. The summed E-state index contributed by atoms with van der Waals surface area (Å²) in [6.45, 7) is 0. The molecule has 5 heteroatoms. The van der Waals surface area contributed by atoms with Gasteiger partial charge in [0.25, 0.3) is 0 Å². The van der Waals surface area contributed by atoms with Gasteiger partial charge in [-0.3, -0.25) is 0 Å². The van der Waals surface area contributed by atoms with E-state index in [0.717, 1.165) is 33.2 Å². The van der Waals surface area contributed by atoms with E-state index in [9.17, 15) is 5.48 Å². The summed E-state index contributed by atoms with van der Waals surface area (Å²) in [5, 5.41) is 1.81. The first kappa shape index (κ1) is 19.5. The van der Waals surface area contributed by atoms with Crippen molar-refractivity contribution < 1.29 is 19.5 Å². The summed E-state index contributed by atoms with van der Waals surface area (Å²) in [4.78, 5) is 14.6. The normalized spacial score (nSPS) is 14.7. The Hall–Kier alpha value is -6.43. The first-order valence-corrected chi connectivity index (χ1v) is 16.5. The standard InChI is InChI=1S/C45H27N3OS/c1-4-12-28(13-5-1)31-21-23-40-37(24-31)34-22-20-32(27-41(34)50-40)44-46-43(30-16-8-3-9-17-30)47-45(48-44)33-25-36(29-14-6-2-7-15-29)42-35-18-10-11-19-38(35)49-39(42)26-33/h1-27H/i1D,4D,5D,12D,13D,20D,21D,22D,23D,24D,27D. The number of thiophene rings is 1. The maximum Gasteiger partial charge on any atom is 0.164 e. The quantitative estimate of drug-likeness (QED) is 0.183. The Kier molecular flexibility index (Phi) is 4.54. The van der Waals surface area contributed by atoms with Crippen LogP contribution in [0.2, 0.25) is 0 Å². The van der Waals surface area contributed by atoms with Crippen LogP contribution in [0.4, 0.5) is 0 Å². The number of benzene rings is 7. The molecule has 0 N–H and O–H groups in total. The van der Waals surface area contributed by atoms with E-state index in [4.69, 9.17) is 29.0 Å². The summed E-state index contributed by atoms with van der Waals surface area (Å²) in [6.07, 6.45) is 0. The Morgan fingerprint density at radius 2 is 1.14 bits per heavy atom. The van der Waals surface area contributed by atoms with Gasteiger partial charge in [0.2, 0.25) is 0 Å². The molecule has 10 rings (SSSR count). The average molecular weight is 669 g/mol. The summed E-state index contributed by atoms with van der Waals surface area (Å²) in [5.74, 6) is 0.405. The van der Waals surface area contributed by atoms with Crippen LogP contribution in [0.25, 0.3) is 98.5 Å². The topological polar surface area (TPSA) is 51.8 Å². The van der Waals surface area contributed by atoms with Crippen molar-refractivity contribution in [2.45, 2.75) is 0 Å². The van der Waals surface area contributed by atoms with Crippen LogP contribution in [0.5, 0.6) is 0 Å². The lowest BCUT2D eigenvalue weighted by molar-refractivity contribution is 0.669. The predicted octanol–water partition coefficient (Wildman–Crippen LogP) is 12.5. The van der Waals surface area contributed by atoms with Crippen LogP contribution in [0.15, 0.2) is 168 Å². The minimum Gasteiger partial charge on any atom is -0.456 e. The number of para-hydroxylation sites is 1. The molecule has 0 radical (unpaired) electrons. The summed E-state index contributed by atoms with van der Waals surface area (Å²) in [7, 11) is 0. The molecule has 0 fully saturated rings. The van der Waals surface area contributed by atoms with Gasteiger partial charge in [0.15, 0.2) is 17.5 Å². The van der Waals surface area contributed by atoms with Crippen molar-refractivity contribution in [3.05, 3.63) is 164 Å². The molecule has 0 spiro atoms. The second kappa shape index (κ2) is 11.6. The molecule has 0 unspecified atom stereocenters. The molecule has 10 aromatic rings. The van der Waals surface area contributed by atoms with Crippen molar-refractivity contribution in [1.82, 2.24) is 15.0 Å². The van der Waals surface area contributed by atoms with Crippen LogP contribution < -0.4 is 0 Å². The van der Waals surface area contributed by atoms with Crippen LogP contribution >= 0.6 is 11.3 Å². The fraction of sp³-hybridized carbons (Fsp3) is 0. The van der Waals surface area contributed by atoms with Crippen LogP contribution in [0, 0.1) is 0 Å². The van der Waals surface area contributed by atoms with Gasteiger partial charge in [0.1, 0.15) is 11.2 Å². The fourth-order valence-corrected chi connectivity index (χ4v) is 7.13. The highest BCUT2D eigenvalue weighted by Gasteiger charge is 2.19. The Balaban J connectivity index is 1.24. The highest BCUT2D eigenvalue weighted by molar-refractivity contribution is 7.25. The molecule has 0 aliphatic carbocycles. The highest BCUT2D eigenvalue weighted by atomic mass is 32.1. The lowest BCUT2D eigenvalue weighted by Gasteiger charge is -2.11. The average Bonchev–Trinajstić information content (AvgIpc) is 3.88. The van der Waals surface area contributed by atoms with Gasteiger partial charge in [-0.05, 0) is 58.6 Å². The third kappa shape index (κ3) is 4.87. The molecule has 50 heavy (non-hydrogen) atoms. The van der Waals surface area contributed by atoms with Crippen molar-refractivity contribution in [3.8, 4) is 56.4 Å². The lowest BCUT2D eigenvalue weighted by atomic mass is 9.97. The maximum atomic E-state index is 9.57. The van der Waals surface area contributed by atoms with Gasteiger partial charge < -0.3 is 4.42 Å². The number of aromatic nitrogens is 3. The van der Waals surface area contributed by atoms with Crippen LogP contribution in [0.3, 0.4) is 0 Å². The third-order valence-electron chi connectivity index (χ3n) is 8.47. The highest BCUT2D eigenvalue weighted by Crippen LogP contribution is 2.41. The predicted molar refractivity (Wildman–Crippen MR) is 207 cm³/mol.